The smallest absolute Gasteiger partial charge is 0.870 e. The molecule has 8 atom stereocenters. The molecule has 25 nitrogen and oxygen atoms in total. The molecule has 29 heteroatoms. The number of nitrogens with zero attached hydrogens (tertiary/aromatic N) is 8. The van der Waals surface area contributed by atoms with Gasteiger partial charge < -0.3 is 62.9 Å². The van der Waals surface area contributed by atoms with Crippen LogP contribution in [0.5, 0.6) is 23.0 Å². The summed E-state index contributed by atoms with van der Waals surface area (Å²) >= 11 is 0. The predicted octanol–water partition coefficient (Wildman–Crippen LogP) is 2.54. The monoisotopic (exact) mass is 1330 g/mol. The summed E-state index contributed by atoms with van der Waals surface area (Å²) in [6.45, 7) is 15.0. The van der Waals surface area contributed by atoms with Crippen molar-refractivity contribution in [2.45, 2.75) is 178 Å². The van der Waals surface area contributed by atoms with Gasteiger partial charge in [-0.3, -0.25) is 32.8 Å². The van der Waals surface area contributed by atoms with Crippen LogP contribution in [0.2, 0.25) is 0 Å². The SMILES string of the molecule is CC1(C)Oc2ccc(C#N)cc2[C@@H](N2CCCC2=O)[C@@H]1OP(=O)(O)O[C@H]1[C@H](N2CCCC2=O)c2cc(C#N)ccc2OC1(C)C.CC1(C)Oc2ccc(C#N)cc2[C@@H](N2CCCC2=O)[C@@H]1OP(=O)([O-])O[C@H]1[C@H](N2CCCC2=O)c2cc(C#N)ccc2OC1(C)C.[Na+].[Na+].[OH-]. The fourth-order valence-corrected chi connectivity index (χ4v) is 16.5. The van der Waals surface area contributed by atoms with Crippen molar-refractivity contribution in [3.05, 3.63) is 117 Å². The van der Waals surface area contributed by atoms with Crippen molar-refractivity contribution in [2.75, 3.05) is 26.2 Å². The van der Waals surface area contributed by atoms with Crippen molar-refractivity contribution in [2.24, 2.45) is 0 Å². The Kier molecular flexibility index (Phi) is 21.7. The van der Waals surface area contributed by atoms with E-state index in [1.54, 1.807) is 148 Å². The molecule has 0 saturated carbocycles. The minimum Gasteiger partial charge on any atom is -0.870 e. The molecule has 2 N–H and O–H groups in total. The van der Waals surface area contributed by atoms with Gasteiger partial charge in [0.15, 0.2) is 0 Å². The molecule has 8 aliphatic heterocycles. The molecule has 12 rings (SSSR count). The van der Waals surface area contributed by atoms with Gasteiger partial charge >= 0.3 is 66.9 Å². The molecule has 8 heterocycles. The Balaban J connectivity index is 0.000000231. The van der Waals surface area contributed by atoms with Gasteiger partial charge in [0.05, 0.1) is 70.7 Å². The number of phosphoric acid groups is 2. The summed E-state index contributed by atoms with van der Waals surface area (Å²) in [7, 11) is -10.3. The number of ether oxygens (including phenoxy) is 4. The van der Waals surface area contributed by atoms with Gasteiger partial charge in [0.2, 0.25) is 23.6 Å². The fraction of sp³-hybridized carbons (Fsp3) is 0.500. The zero-order valence-electron chi connectivity index (χ0n) is 53.5. The third-order valence-electron chi connectivity index (χ3n) is 18.0. The van der Waals surface area contributed by atoms with E-state index in [1.807, 2.05) is 0 Å². The van der Waals surface area contributed by atoms with Crippen LogP contribution in [0.1, 0.15) is 175 Å². The third kappa shape index (κ3) is 14.3. The van der Waals surface area contributed by atoms with Crippen LogP contribution >= 0.6 is 15.6 Å². The van der Waals surface area contributed by atoms with E-state index in [4.69, 9.17) is 37.0 Å². The van der Waals surface area contributed by atoms with Crippen LogP contribution in [0, 0.1) is 45.3 Å². The number of nitriles is 4. The van der Waals surface area contributed by atoms with E-state index in [0.717, 1.165) is 0 Å². The van der Waals surface area contributed by atoms with Crippen molar-refractivity contribution in [3.63, 3.8) is 0 Å². The van der Waals surface area contributed by atoms with Crippen molar-refractivity contribution < 1.29 is 140 Å². The maximum absolute atomic E-state index is 14.2. The Morgan fingerprint density at radius 3 is 0.849 bits per heavy atom. The molecule has 4 fully saturated rings. The first-order valence-corrected chi connectivity index (χ1v) is 32.9. The zero-order valence-corrected chi connectivity index (χ0v) is 59.3. The van der Waals surface area contributed by atoms with E-state index in [1.165, 1.54) is 0 Å². The van der Waals surface area contributed by atoms with Gasteiger partial charge in [-0.2, -0.15) is 21.0 Å². The molecule has 93 heavy (non-hydrogen) atoms. The number of hydrogen-bond donors (Lipinski definition) is 1. The number of carbonyl (C=O) groups is 4. The Bertz CT molecular complexity index is 3410. The number of phosphoric ester groups is 2. The van der Waals surface area contributed by atoms with E-state index in [9.17, 15) is 59.1 Å². The molecule has 4 saturated heterocycles. The fourth-order valence-electron chi connectivity index (χ4n) is 13.8. The molecular weight excluding hydrogens is 1260 g/mol. The number of fused-ring (bicyclic) bond motifs is 4. The Labute approximate surface area is 583 Å². The van der Waals surface area contributed by atoms with Crippen LogP contribution in [-0.2, 0) is 46.4 Å². The average molecular weight is 1330 g/mol. The summed E-state index contributed by atoms with van der Waals surface area (Å²) in [5.74, 6) is 1.10. The summed E-state index contributed by atoms with van der Waals surface area (Å²) in [5.41, 5.74) is -1.70. The van der Waals surface area contributed by atoms with Crippen molar-refractivity contribution in [1.82, 2.24) is 19.6 Å². The molecule has 0 aromatic heterocycles. The van der Waals surface area contributed by atoms with Gasteiger partial charge in [-0.05, 0) is 154 Å². The first-order chi connectivity index (χ1) is 42.5. The van der Waals surface area contributed by atoms with Crippen LogP contribution in [0.4, 0.5) is 0 Å². The second kappa shape index (κ2) is 27.7. The average Bonchev–Trinajstić information content (AvgIpc) is 1.50. The number of benzene rings is 4. The van der Waals surface area contributed by atoms with Gasteiger partial charge in [0, 0.05) is 74.1 Å². The van der Waals surface area contributed by atoms with Gasteiger partial charge in [-0.25, -0.2) is 4.57 Å². The van der Waals surface area contributed by atoms with E-state index in [0.29, 0.717) is 145 Å². The van der Waals surface area contributed by atoms with Gasteiger partial charge in [0.1, 0.15) is 69.8 Å². The first kappa shape index (κ1) is 72.9. The number of amides is 4. The minimum absolute atomic E-state index is 0. The minimum atomic E-state index is -5.26. The molecular formula is C64H70N8Na2O17P2. The molecule has 8 aliphatic rings. The number of rotatable bonds is 12. The predicted molar refractivity (Wildman–Crippen MR) is 317 cm³/mol. The summed E-state index contributed by atoms with van der Waals surface area (Å²) in [5, 5.41) is 38.4. The van der Waals surface area contributed by atoms with Gasteiger partial charge in [-0.15, -0.1) is 0 Å². The second-order valence-electron chi connectivity index (χ2n) is 25.8. The van der Waals surface area contributed by atoms with E-state index < -0.39 is 86.6 Å². The largest absolute Gasteiger partial charge is 1.00 e. The Morgan fingerprint density at radius 1 is 0.441 bits per heavy atom. The summed E-state index contributed by atoms with van der Waals surface area (Å²) in [4.78, 5) is 84.2. The molecule has 480 valence electrons. The van der Waals surface area contributed by atoms with E-state index in [2.05, 4.69) is 24.3 Å². The number of likely N-dealkylation sites (tertiary alicyclic amines) is 4. The normalized spacial score (nSPS) is 25.9. The molecule has 0 unspecified atom stereocenters. The Morgan fingerprint density at radius 2 is 0.656 bits per heavy atom. The van der Waals surface area contributed by atoms with Gasteiger partial charge in [0.25, 0.3) is 7.82 Å². The summed E-state index contributed by atoms with van der Waals surface area (Å²) in [6.07, 6.45) is -1.26. The van der Waals surface area contributed by atoms with Crippen LogP contribution in [0.15, 0.2) is 72.8 Å². The molecule has 0 spiro atoms. The maximum Gasteiger partial charge on any atom is 1.00 e. The standard InChI is InChI=1S/2C32H35N4O8P.2Na.H2O/c2*1-31(2)29(27(35-13-5-7-25(35)37)21-15-19(17-33)9-11-23(21)41-31)43-45(39,40)44-30-28(36-14-6-8-26(36)38)22-16-20(18-34)10-12-24(22)42-32(30,3)4;;;/h2*9-12,15-16,27-30H,5-8,13-14H2,1-4H3,(H,39,40);;;1H2/q;;2*+1;/p-2/t2*27-,28-,29+,30+;;;/m11.../s1. The van der Waals surface area contributed by atoms with Crippen molar-refractivity contribution >= 4 is 39.3 Å². The molecule has 4 amide bonds. The molecule has 0 bridgehead atoms. The molecule has 4 aromatic rings. The van der Waals surface area contributed by atoms with Crippen LogP contribution in [0.3, 0.4) is 0 Å². The summed E-state index contributed by atoms with van der Waals surface area (Å²) in [6, 6.07) is 24.3. The van der Waals surface area contributed by atoms with Crippen LogP contribution < -0.4 is 83.0 Å². The van der Waals surface area contributed by atoms with Crippen LogP contribution in [0.25, 0.3) is 0 Å². The van der Waals surface area contributed by atoms with E-state index in [-0.39, 0.29) is 88.2 Å². The van der Waals surface area contributed by atoms with Crippen molar-refractivity contribution in [3.8, 4) is 47.3 Å². The number of hydrogen-bond acceptors (Lipinski definition) is 20. The summed E-state index contributed by atoms with van der Waals surface area (Å²) < 4.78 is 77.1. The molecule has 0 aliphatic carbocycles. The Hall–Kier alpha value is -5.90. The van der Waals surface area contributed by atoms with Crippen molar-refractivity contribution in [1.29, 1.82) is 21.0 Å². The third-order valence-corrected chi connectivity index (χ3v) is 19.9. The number of carbonyl (C=O) groups excluding carboxylic acids is 4. The molecule has 0 radical (unpaired) electrons. The van der Waals surface area contributed by atoms with Gasteiger partial charge in [-0.1, -0.05) is 0 Å². The zero-order chi connectivity index (χ0) is 64.6. The molecule has 4 aromatic carbocycles. The first-order valence-electron chi connectivity index (χ1n) is 30.0. The van der Waals surface area contributed by atoms with E-state index >= 15 is 0 Å². The topological polar surface area (TPSA) is 358 Å². The second-order valence-corrected chi connectivity index (χ2v) is 28.5. The van der Waals surface area contributed by atoms with Crippen LogP contribution in [-0.4, -0.2) is 127 Å². The maximum atomic E-state index is 14.2. The quantitative estimate of drug-likeness (QED) is 0.157.